The van der Waals surface area contributed by atoms with Crippen LogP contribution in [0.2, 0.25) is 0 Å². The SMILES string of the molecule is Cc1ccc(C(=O)OCC(=O)NC[C@@H](C)c2ccccc2)cc1C. The Morgan fingerprint density at radius 1 is 1.04 bits per heavy atom. The van der Waals surface area contributed by atoms with E-state index in [4.69, 9.17) is 4.74 Å². The van der Waals surface area contributed by atoms with Gasteiger partial charge in [-0.2, -0.15) is 0 Å². The molecule has 1 N–H and O–H groups in total. The summed E-state index contributed by atoms with van der Waals surface area (Å²) in [4.78, 5) is 23.8. The van der Waals surface area contributed by atoms with Crippen molar-refractivity contribution >= 4 is 11.9 Å². The fraction of sp³-hybridized carbons (Fsp3) is 0.300. The number of hydrogen-bond donors (Lipinski definition) is 1. The number of nitrogens with one attached hydrogen (secondary N) is 1. The van der Waals surface area contributed by atoms with Gasteiger partial charge in [-0.25, -0.2) is 4.79 Å². The Kier molecular flexibility index (Phi) is 6.13. The second kappa shape index (κ2) is 8.29. The first-order valence-electron chi connectivity index (χ1n) is 8.03. The third-order valence-corrected chi connectivity index (χ3v) is 4.05. The molecule has 0 aliphatic rings. The Morgan fingerprint density at radius 3 is 2.42 bits per heavy atom. The second-order valence-electron chi connectivity index (χ2n) is 5.99. The summed E-state index contributed by atoms with van der Waals surface area (Å²) in [5.41, 5.74) is 3.75. The highest BCUT2D eigenvalue weighted by Crippen LogP contribution is 2.13. The molecular weight excluding hydrogens is 302 g/mol. The van der Waals surface area contributed by atoms with Crippen LogP contribution in [0.25, 0.3) is 0 Å². The van der Waals surface area contributed by atoms with Crippen LogP contribution >= 0.6 is 0 Å². The summed E-state index contributed by atoms with van der Waals surface area (Å²) in [6.45, 7) is 6.18. The van der Waals surface area contributed by atoms with Crippen molar-refractivity contribution in [2.75, 3.05) is 13.2 Å². The maximum absolute atomic E-state index is 12.0. The Hall–Kier alpha value is -2.62. The summed E-state index contributed by atoms with van der Waals surface area (Å²) in [5.74, 6) is -0.579. The van der Waals surface area contributed by atoms with E-state index in [1.165, 1.54) is 0 Å². The van der Waals surface area contributed by atoms with Crippen LogP contribution < -0.4 is 5.32 Å². The van der Waals surface area contributed by atoms with Crippen molar-refractivity contribution in [2.45, 2.75) is 26.7 Å². The molecule has 1 atom stereocenters. The number of rotatable bonds is 6. The maximum Gasteiger partial charge on any atom is 0.338 e. The first-order valence-corrected chi connectivity index (χ1v) is 8.03. The molecule has 0 unspecified atom stereocenters. The van der Waals surface area contributed by atoms with E-state index < -0.39 is 5.97 Å². The molecule has 126 valence electrons. The molecule has 0 saturated carbocycles. The van der Waals surface area contributed by atoms with Crippen molar-refractivity contribution in [3.05, 3.63) is 70.8 Å². The molecule has 24 heavy (non-hydrogen) atoms. The lowest BCUT2D eigenvalue weighted by molar-refractivity contribution is -0.124. The van der Waals surface area contributed by atoms with E-state index in [-0.39, 0.29) is 18.4 Å². The quantitative estimate of drug-likeness (QED) is 0.828. The lowest BCUT2D eigenvalue weighted by Gasteiger charge is -2.13. The van der Waals surface area contributed by atoms with Crippen molar-refractivity contribution < 1.29 is 14.3 Å². The normalized spacial score (nSPS) is 11.6. The Balaban J connectivity index is 1.78. The molecule has 2 rings (SSSR count). The molecule has 2 aromatic rings. The molecule has 4 heteroatoms. The highest BCUT2D eigenvalue weighted by Gasteiger charge is 2.12. The molecule has 4 nitrogen and oxygen atoms in total. The Bertz CT molecular complexity index is 710. The van der Waals surface area contributed by atoms with Gasteiger partial charge in [0, 0.05) is 6.54 Å². The zero-order valence-electron chi connectivity index (χ0n) is 14.3. The molecular formula is C20H23NO3. The van der Waals surface area contributed by atoms with Gasteiger partial charge < -0.3 is 10.1 Å². The summed E-state index contributed by atoms with van der Waals surface area (Å²) >= 11 is 0. The highest BCUT2D eigenvalue weighted by atomic mass is 16.5. The van der Waals surface area contributed by atoms with Gasteiger partial charge in [0.1, 0.15) is 0 Å². The maximum atomic E-state index is 12.0. The van der Waals surface area contributed by atoms with E-state index >= 15 is 0 Å². The Morgan fingerprint density at radius 2 is 1.75 bits per heavy atom. The molecule has 0 saturated heterocycles. The molecule has 0 heterocycles. The van der Waals surface area contributed by atoms with Gasteiger partial charge in [0.2, 0.25) is 0 Å². The number of esters is 1. The number of aryl methyl sites for hydroxylation is 2. The average molecular weight is 325 g/mol. The zero-order chi connectivity index (χ0) is 17.5. The van der Waals surface area contributed by atoms with Gasteiger partial charge in [-0.05, 0) is 48.6 Å². The molecule has 0 bridgehead atoms. The lowest BCUT2D eigenvalue weighted by Crippen LogP contribution is -2.31. The van der Waals surface area contributed by atoms with E-state index in [1.807, 2.05) is 57.2 Å². The summed E-state index contributed by atoms with van der Waals surface area (Å²) < 4.78 is 5.07. The third-order valence-electron chi connectivity index (χ3n) is 4.05. The van der Waals surface area contributed by atoms with Gasteiger partial charge in [-0.3, -0.25) is 4.79 Å². The summed E-state index contributed by atoms with van der Waals surface area (Å²) in [5, 5.41) is 2.79. The van der Waals surface area contributed by atoms with Crippen molar-refractivity contribution in [3.63, 3.8) is 0 Å². The largest absolute Gasteiger partial charge is 0.452 e. The average Bonchev–Trinajstić information content (AvgIpc) is 2.60. The van der Waals surface area contributed by atoms with Gasteiger partial charge >= 0.3 is 5.97 Å². The first kappa shape index (κ1) is 17.7. The molecule has 0 radical (unpaired) electrons. The number of ether oxygens (including phenoxy) is 1. The summed E-state index contributed by atoms with van der Waals surface area (Å²) in [7, 11) is 0. The van der Waals surface area contributed by atoms with Crippen LogP contribution in [0.3, 0.4) is 0 Å². The van der Waals surface area contributed by atoms with Crippen LogP contribution in [0.15, 0.2) is 48.5 Å². The molecule has 0 fully saturated rings. The van der Waals surface area contributed by atoms with Gasteiger partial charge in [-0.1, -0.05) is 43.3 Å². The molecule has 0 spiro atoms. The van der Waals surface area contributed by atoms with Crippen molar-refractivity contribution in [1.82, 2.24) is 5.32 Å². The Labute approximate surface area is 142 Å². The third kappa shape index (κ3) is 4.95. The molecule has 0 aliphatic heterocycles. The number of benzene rings is 2. The fourth-order valence-corrected chi connectivity index (χ4v) is 2.30. The molecule has 2 aromatic carbocycles. The van der Waals surface area contributed by atoms with E-state index in [9.17, 15) is 9.59 Å². The molecule has 0 aromatic heterocycles. The van der Waals surface area contributed by atoms with E-state index in [0.717, 1.165) is 16.7 Å². The monoisotopic (exact) mass is 325 g/mol. The van der Waals surface area contributed by atoms with Crippen LogP contribution in [0.4, 0.5) is 0 Å². The van der Waals surface area contributed by atoms with Crippen molar-refractivity contribution in [1.29, 1.82) is 0 Å². The topological polar surface area (TPSA) is 55.4 Å². The zero-order valence-corrected chi connectivity index (χ0v) is 14.3. The van der Waals surface area contributed by atoms with E-state index in [1.54, 1.807) is 12.1 Å². The minimum atomic E-state index is -0.482. The minimum Gasteiger partial charge on any atom is -0.452 e. The van der Waals surface area contributed by atoms with Crippen LogP contribution in [-0.2, 0) is 9.53 Å². The van der Waals surface area contributed by atoms with Crippen LogP contribution in [0.1, 0.15) is 39.9 Å². The molecule has 0 aliphatic carbocycles. The van der Waals surface area contributed by atoms with E-state index in [0.29, 0.717) is 12.1 Å². The fourth-order valence-electron chi connectivity index (χ4n) is 2.30. The highest BCUT2D eigenvalue weighted by molar-refractivity contribution is 5.91. The van der Waals surface area contributed by atoms with Gasteiger partial charge in [0.25, 0.3) is 5.91 Å². The van der Waals surface area contributed by atoms with Crippen molar-refractivity contribution in [2.24, 2.45) is 0 Å². The number of hydrogen-bond acceptors (Lipinski definition) is 3. The van der Waals surface area contributed by atoms with Gasteiger partial charge in [0.15, 0.2) is 6.61 Å². The van der Waals surface area contributed by atoms with Crippen LogP contribution in [-0.4, -0.2) is 25.0 Å². The summed E-state index contributed by atoms with van der Waals surface area (Å²) in [6.07, 6.45) is 0. The van der Waals surface area contributed by atoms with Gasteiger partial charge in [-0.15, -0.1) is 0 Å². The van der Waals surface area contributed by atoms with E-state index in [2.05, 4.69) is 5.32 Å². The lowest BCUT2D eigenvalue weighted by atomic mass is 10.0. The predicted octanol–water partition coefficient (Wildman–Crippen LogP) is 3.38. The van der Waals surface area contributed by atoms with Crippen molar-refractivity contribution in [3.8, 4) is 0 Å². The number of carbonyl (C=O) groups excluding carboxylic acids is 2. The molecule has 1 amide bonds. The minimum absolute atomic E-state index is 0.200. The standard InChI is InChI=1S/C20H23NO3/c1-14-9-10-18(11-15(14)2)20(23)24-13-19(22)21-12-16(3)17-7-5-4-6-8-17/h4-11,16H,12-13H2,1-3H3,(H,21,22)/t16-/m1/s1. The van der Waals surface area contributed by atoms with Crippen LogP contribution in [0.5, 0.6) is 0 Å². The van der Waals surface area contributed by atoms with Gasteiger partial charge in [0.05, 0.1) is 5.56 Å². The predicted molar refractivity (Wildman–Crippen MR) is 94.1 cm³/mol. The smallest absolute Gasteiger partial charge is 0.338 e. The second-order valence-corrected chi connectivity index (χ2v) is 5.99. The summed E-state index contributed by atoms with van der Waals surface area (Å²) in [6, 6.07) is 15.3. The van der Waals surface area contributed by atoms with Crippen LogP contribution in [0, 0.1) is 13.8 Å². The number of amides is 1. The number of carbonyl (C=O) groups is 2. The first-order chi connectivity index (χ1) is 11.5.